The number of ether oxygens (including phenoxy) is 1. The number of anilines is 1. The van der Waals surface area contributed by atoms with Gasteiger partial charge < -0.3 is 15.2 Å². The number of nitrogens with one attached hydrogen (secondary N) is 1. The maximum Gasteiger partial charge on any atom is 0.145 e. The summed E-state index contributed by atoms with van der Waals surface area (Å²) in [6.07, 6.45) is 2.23. The molecule has 100 valence electrons. The van der Waals surface area contributed by atoms with Crippen molar-refractivity contribution in [3.8, 4) is 5.75 Å². The lowest BCUT2D eigenvalue weighted by molar-refractivity contribution is 0.219. The summed E-state index contributed by atoms with van der Waals surface area (Å²) in [5.74, 6) is 0.932. The van der Waals surface area contributed by atoms with Gasteiger partial charge in [0.15, 0.2) is 0 Å². The lowest BCUT2D eigenvalue weighted by atomic mass is 10.0. The summed E-state index contributed by atoms with van der Waals surface area (Å²) >= 11 is 0. The number of aliphatic hydroxyl groups excluding tert-OH is 1. The minimum absolute atomic E-state index is 0.107. The van der Waals surface area contributed by atoms with Crippen LogP contribution in [-0.2, 0) is 0 Å². The van der Waals surface area contributed by atoms with Crippen LogP contribution in [0.5, 0.6) is 5.75 Å². The van der Waals surface area contributed by atoms with Gasteiger partial charge in [-0.25, -0.2) is 0 Å². The smallest absolute Gasteiger partial charge is 0.145 e. The van der Waals surface area contributed by atoms with Crippen LogP contribution in [0.1, 0.15) is 29.5 Å². The zero-order valence-electron chi connectivity index (χ0n) is 11.8. The Balaban J connectivity index is 2.24. The van der Waals surface area contributed by atoms with Crippen LogP contribution in [0.25, 0.3) is 0 Å². The van der Waals surface area contributed by atoms with Gasteiger partial charge in [-0.3, -0.25) is 0 Å². The fraction of sp³-hybridized carbons (Fsp3) is 0.600. The Labute approximate surface area is 109 Å². The SMILES string of the molecule is COc1c(C)c(C)cc(C)c1NCC1(CO)CC1. The highest BCUT2D eigenvalue weighted by Crippen LogP contribution is 2.46. The zero-order valence-corrected chi connectivity index (χ0v) is 11.8. The van der Waals surface area contributed by atoms with E-state index in [1.807, 2.05) is 0 Å². The summed E-state index contributed by atoms with van der Waals surface area (Å²) in [6, 6.07) is 2.18. The summed E-state index contributed by atoms with van der Waals surface area (Å²) < 4.78 is 5.53. The van der Waals surface area contributed by atoms with Crippen LogP contribution < -0.4 is 10.1 Å². The van der Waals surface area contributed by atoms with Crippen molar-refractivity contribution in [2.75, 3.05) is 25.6 Å². The van der Waals surface area contributed by atoms with Crippen LogP contribution in [0.4, 0.5) is 5.69 Å². The molecule has 0 bridgehead atoms. The molecule has 0 aromatic heterocycles. The first kappa shape index (κ1) is 13.2. The topological polar surface area (TPSA) is 41.5 Å². The van der Waals surface area contributed by atoms with E-state index in [0.29, 0.717) is 0 Å². The Hall–Kier alpha value is -1.22. The molecule has 1 aromatic carbocycles. The number of aryl methyl sites for hydroxylation is 2. The normalized spacial score (nSPS) is 16.5. The fourth-order valence-corrected chi connectivity index (χ4v) is 2.37. The first-order valence-corrected chi connectivity index (χ1v) is 6.52. The number of hydrogen-bond donors (Lipinski definition) is 2. The average molecular weight is 249 g/mol. The highest BCUT2D eigenvalue weighted by atomic mass is 16.5. The second kappa shape index (κ2) is 4.81. The quantitative estimate of drug-likeness (QED) is 0.843. The van der Waals surface area contributed by atoms with Gasteiger partial charge in [-0.05, 0) is 50.3 Å². The van der Waals surface area contributed by atoms with Crippen LogP contribution in [-0.4, -0.2) is 25.4 Å². The molecule has 1 aromatic rings. The highest BCUT2D eigenvalue weighted by Gasteiger charge is 2.41. The van der Waals surface area contributed by atoms with Gasteiger partial charge in [-0.1, -0.05) is 6.07 Å². The van der Waals surface area contributed by atoms with Gasteiger partial charge in [0.1, 0.15) is 5.75 Å². The predicted octanol–water partition coefficient (Wildman–Crippen LogP) is 2.80. The van der Waals surface area contributed by atoms with Gasteiger partial charge in [0.25, 0.3) is 0 Å². The summed E-state index contributed by atoms with van der Waals surface area (Å²) in [5.41, 5.74) is 4.80. The van der Waals surface area contributed by atoms with Gasteiger partial charge in [0.2, 0.25) is 0 Å². The zero-order chi connectivity index (χ0) is 13.3. The van der Waals surface area contributed by atoms with Gasteiger partial charge in [0.05, 0.1) is 19.4 Å². The van der Waals surface area contributed by atoms with Gasteiger partial charge >= 0.3 is 0 Å². The molecule has 0 saturated heterocycles. The molecular formula is C15H23NO2. The fourth-order valence-electron chi connectivity index (χ4n) is 2.37. The molecule has 0 amide bonds. The van der Waals surface area contributed by atoms with Crippen LogP contribution in [0.15, 0.2) is 6.07 Å². The predicted molar refractivity (Wildman–Crippen MR) is 74.4 cm³/mol. The molecule has 1 fully saturated rings. The molecule has 0 atom stereocenters. The summed E-state index contributed by atoms with van der Waals surface area (Å²) in [5, 5.41) is 12.8. The van der Waals surface area contributed by atoms with Crippen molar-refractivity contribution in [1.29, 1.82) is 0 Å². The van der Waals surface area contributed by atoms with E-state index >= 15 is 0 Å². The van der Waals surface area contributed by atoms with Crippen molar-refractivity contribution in [1.82, 2.24) is 0 Å². The van der Waals surface area contributed by atoms with Gasteiger partial charge in [-0.2, -0.15) is 0 Å². The van der Waals surface area contributed by atoms with Crippen LogP contribution in [0.3, 0.4) is 0 Å². The molecule has 2 rings (SSSR count). The van der Waals surface area contributed by atoms with E-state index in [0.717, 1.165) is 30.8 Å². The molecule has 0 radical (unpaired) electrons. The van der Waals surface area contributed by atoms with E-state index in [4.69, 9.17) is 4.74 Å². The maximum absolute atomic E-state index is 9.36. The van der Waals surface area contributed by atoms with Crippen molar-refractivity contribution in [3.63, 3.8) is 0 Å². The molecular weight excluding hydrogens is 226 g/mol. The first-order chi connectivity index (χ1) is 8.53. The Morgan fingerprint density at radius 3 is 2.44 bits per heavy atom. The van der Waals surface area contributed by atoms with Crippen molar-refractivity contribution in [2.45, 2.75) is 33.6 Å². The van der Waals surface area contributed by atoms with Crippen LogP contribution in [0.2, 0.25) is 0 Å². The summed E-state index contributed by atoms with van der Waals surface area (Å²) in [6.45, 7) is 7.37. The number of methoxy groups -OCH3 is 1. The molecule has 0 spiro atoms. The van der Waals surface area contributed by atoms with Gasteiger partial charge in [0, 0.05) is 12.0 Å². The monoisotopic (exact) mass is 249 g/mol. The second-order valence-electron chi connectivity index (χ2n) is 5.56. The number of hydrogen-bond acceptors (Lipinski definition) is 3. The van der Waals surface area contributed by atoms with Crippen molar-refractivity contribution >= 4 is 5.69 Å². The molecule has 0 heterocycles. The first-order valence-electron chi connectivity index (χ1n) is 6.52. The number of rotatable bonds is 5. The number of benzene rings is 1. The molecule has 18 heavy (non-hydrogen) atoms. The van der Waals surface area contributed by atoms with Crippen molar-refractivity contribution in [3.05, 3.63) is 22.8 Å². The molecule has 0 unspecified atom stereocenters. The summed E-state index contributed by atoms with van der Waals surface area (Å²) in [4.78, 5) is 0. The Morgan fingerprint density at radius 2 is 1.94 bits per heavy atom. The van der Waals surface area contributed by atoms with E-state index < -0.39 is 0 Å². The van der Waals surface area contributed by atoms with E-state index in [1.54, 1.807) is 7.11 Å². The Kier molecular flexibility index (Phi) is 3.53. The molecule has 0 aliphatic heterocycles. The van der Waals surface area contributed by atoms with Crippen LogP contribution >= 0.6 is 0 Å². The average Bonchev–Trinajstić information content (AvgIpc) is 3.12. The number of aliphatic hydroxyl groups is 1. The summed E-state index contributed by atoms with van der Waals surface area (Å²) in [7, 11) is 1.71. The third-order valence-corrected chi connectivity index (χ3v) is 4.12. The van der Waals surface area contributed by atoms with E-state index in [9.17, 15) is 5.11 Å². The molecule has 1 aliphatic rings. The highest BCUT2D eigenvalue weighted by molar-refractivity contribution is 5.66. The molecule has 1 aliphatic carbocycles. The van der Waals surface area contributed by atoms with E-state index in [1.165, 1.54) is 16.7 Å². The van der Waals surface area contributed by atoms with Crippen molar-refractivity contribution in [2.24, 2.45) is 5.41 Å². The largest absolute Gasteiger partial charge is 0.494 e. The molecule has 3 heteroatoms. The molecule has 2 N–H and O–H groups in total. The molecule has 3 nitrogen and oxygen atoms in total. The van der Waals surface area contributed by atoms with Gasteiger partial charge in [-0.15, -0.1) is 0 Å². The lowest BCUT2D eigenvalue weighted by Crippen LogP contribution is -2.20. The Morgan fingerprint density at radius 1 is 1.28 bits per heavy atom. The second-order valence-corrected chi connectivity index (χ2v) is 5.56. The standard InChI is InChI=1S/C15H23NO2/c1-10-7-11(2)13(14(18-4)12(10)3)16-8-15(9-17)5-6-15/h7,16-17H,5-6,8-9H2,1-4H3. The third kappa shape index (κ3) is 2.32. The van der Waals surface area contributed by atoms with Crippen LogP contribution in [0, 0.1) is 26.2 Å². The molecule has 1 saturated carbocycles. The lowest BCUT2D eigenvalue weighted by Gasteiger charge is -2.20. The minimum atomic E-state index is 0.107. The van der Waals surface area contributed by atoms with E-state index in [-0.39, 0.29) is 12.0 Å². The van der Waals surface area contributed by atoms with Crippen molar-refractivity contribution < 1.29 is 9.84 Å². The van der Waals surface area contributed by atoms with E-state index in [2.05, 4.69) is 32.2 Å². The third-order valence-electron chi connectivity index (χ3n) is 4.12. The Bertz CT molecular complexity index is 450. The maximum atomic E-state index is 9.36. The minimum Gasteiger partial charge on any atom is -0.494 e.